The van der Waals surface area contributed by atoms with Crippen LogP contribution < -0.4 is 24.6 Å². The highest BCUT2D eigenvalue weighted by Crippen LogP contribution is 2.34. The number of carbonyl (C=O) groups excluding carboxylic acids is 1. The third-order valence-corrected chi connectivity index (χ3v) is 5.89. The van der Waals surface area contributed by atoms with Crippen molar-refractivity contribution in [1.29, 1.82) is 0 Å². The maximum atomic E-state index is 11.7. The zero-order chi connectivity index (χ0) is 29.7. The number of esters is 1. The standard InChI is InChI=1S/C17H15BrN2O7.C9H10ClNO2.2H2O/c1-10-3-4-13(19-22)15(7-10)26-5-6-27-16-9-12(18)11(17(21)25-2)8-14(16)20(23)24;1-7-2-3-8(11-12)9(6-7)13-5-4-10;;/h3-4,7-9H,5-6H2,1-2H3;2-3,6H,4-5H2,1H3;2*1H2. The zero-order valence-corrected chi connectivity index (χ0v) is 25.1. The fourth-order valence-electron chi connectivity index (χ4n) is 3.19. The highest BCUT2D eigenvalue weighted by atomic mass is 79.9. The summed E-state index contributed by atoms with van der Waals surface area (Å²) >= 11 is 8.63. The van der Waals surface area contributed by atoms with Crippen molar-refractivity contribution in [3.63, 3.8) is 0 Å². The summed E-state index contributed by atoms with van der Waals surface area (Å²) < 4.78 is 21.1. The van der Waals surface area contributed by atoms with Crippen LogP contribution in [0.25, 0.3) is 0 Å². The number of nitrogens with one attached hydrogen (secondary N) is 2. The van der Waals surface area contributed by atoms with Crippen LogP contribution in [0.1, 0.15) is 21.5 Å². The molecule has 42 heavy (non-hydrogen) atoms. The first-order valence-corrected chi connectivity index (χ1v) is 13.0. The molecule has 0 unspecified atom stereocenters. The molecule has 0 fully saturated rings. The Morgan fingerprint density at radius 2 is 1.33 bits per heavy atom. The van der Waals surface area contributed by atoms with E-state index in [1.54, 1.807) is 35.5 Å². The van der Waals surface area contributed by atoms with Crippen LogP contribution in [0.5, 0.6) is 17.2 Å². The van der Waals surface area contributed by atoms with E-state index in [0.29, 0.717) is 34.1 Å². The molecule has 0 aliphatic carbocycles. The van der Waals surface area contributed by atoms with E-state index in [4.69, 9.17) is 25.8 Å². The van der Waals surface area contributed by atoms with Gasteiger partial charge in [0.25, 0.3) is 11.4 Å². The average Bonchev–Trinajstić information content (AvgIpc) is 2.94. The molecule has 0 aliphatic heterocycles. The maximum Gasteiger partial charge on any atom is 0.339 e. The highest BCUT2D eigenvalue weighted by Gasteiger charge is 2.23. The number of methoxy groups -OCH3 is 1. The number of nitro benzene ring substituents is 1. The van der Waals surface area contributed by atoms with Gasteiger partial charge in [0.2, 0.25) is 0 Å². The third-order valence-electron chi connectivity index (χ3n) is 5.08. The summed E-state index contributed by atoms with van der Waals surface area (Å²) in [6.07, 6.45) is 0. The SMILES string of the molecule is COC(=O)c1cc([N+](=O)[O-])c(OCCOc2cc(C)ccc2[NH+]=O)cc1Br.Cc1ccc([NH+]=O)c(OCCCl)c1.[OH-].[OH-]. The predicted molar refractivity (Wildman–Crippen MR) is 154 cm³/mol. The number of hydrogen-bond acceptors (Lipinski definition) is 11. The van der Waals surface area contributed by atoms with Crippen LogP contribution in [-0.2, 0) is 4.74 Å². The lowest BCUT2D eigenvalue weighted by molar-refractivity contribution is -0.386. The van der Waals surface area contributed by atoms with Crippen molar-refractivity contribution in [2.24, 2.45) is 0 Å². The number of nitro groups is 1. The number of benzene rings is 3. The molecule has 3 aromatic carbocycles. The molecule has 4 N–H and O–H groups in total. The second-order valence-corrected chi connectivity index (χ2v) is 9.22. The lowest BCUT2D eigenvalue weighted by Crippen LogP contribution is -2.55. The molecule has 0 aliphatic rings. The third kappa shape index (κ3) is 11.0. The van der Waals surface area contributed by atoms with Crippen LogP contribution in [0.15, 0.2) is 53.0 Å². The predicted octanol–water partition coefficient (Wildman–Crippen LogP) is 3.13. The number of nitrogens with zero attached hydrogens (tertiary/aromatic N) is 1. The van der Waals surface area contributed by atoms with E-state index in [9.17, 15) is 24.7 Å². The number of ether oxygens (including phenoxy) is 4. The van der Waals surface area contributed by atoms with Crippen molar-refractivity contribution in [2.75, 3.05) is 32.8 Å². The number of hydrogen-bond donors (Lipinski definition) is 2. The van der Waals surface area contributed by atoms with Crippen molar-refractivity contribution in [2.45, 2.75) is 13.8 Å². The number of rotatable bonds is 12. The van der Waals surface area contributed by atoms with Gasteiger partial charge in [0.05, 0.1) is 23.5 Å². The molecule has 0 saturated heterocycles. The van der Waals surface area contributed by atoms with E-state index in [-0.39, 0.29) is 46.9 Å². The summed E-state index contributed by atoms with van der Waals surface area (Å²) in [5.74, 6) is 0.569. The molecular formula is C26H29BrClN3O11. The lowest BCUT2D eigenvalue weighted by Gasteiger charge is -2.10. The number of alkyl halides is 1. The molecule has 0 amide bonds. The number of aryl methyl sites for hydroxylation is 2. The Balaban J connectivity index is 0.000000949. The molecule has 0 bridgehead atoms. The summed E-state index contributed by atoms with van der Waals surface area (Å²) in [5.41, 5.74) is 2.30. The highest BCUT2D eigenvalue weighted by molar-refractivity contribution is 9.10. The van der Waals surface area contributed by atoms with Gasteiger partial charge in [-0.1, -0.05) is 12.1 Å². The zero-order valence-electron chi connectivity index (χ0n) is 22.7. The number of nitroso groups, excluding NO2 is 2. The van der Waals surface area contributed by atoms with E-state index < -0.39 is 10.9 Å². The van der Waals surface area contributed by atoms with Crippen molar-refractivity contribution in [3.8, 4) is 17.2 Å². The van der Waals surface area contributed by atoms with E-state index in [2.05, 4.69) is 20.7 Å². The quantitative estimate of drug-likeness (QED) is 0.0934. The minimum atomic E-state index is -0.711. The normalized spacial score (nSPS) is 9.55. The van der Waals surface area contributed by atoms with Crippen molar-refractivity contribution in [3.05, 3.63) is 89.6 Å². The lowest BCUT2D eigenvalue weighted by atomic mass is 10.2. The fourth-order valence-corrected chi connectivity index (χ4v) is 3.75. The van der Waals surface area contributed by atoms with Crippen molar-refractivity contribution < 1.29 is 50.0 Å². The first-order chi connectivity index (χ1) is 19.1. The van der Waals surface area contributed by atoms with Gasteiger partial charge in [-0.2, -0.15) is 0 Å². The summed E-state index contributed by atoms with van der Waals surface area (Å²) in [6, 6.07) is 12.8. The Labute approximate surface area is 253 Å². The van der Waals surface area contributed by atoms with E-state index >= 15 is 0 Å². The molecule has 0 aromatic heterocycles. The van der Waals surface area contributed by atoms with Crippen LogP contribution in [0.4, 0.5) is 17.1 Å². The van der Waals surface area contributed by atoms with Gasteiger partial charge in [-0.15, -0.1) is 11.6 Å². The molecule has 14 nitrogen and oxygen atoms in total. The Morgan fingerprint density at radius 3 is 1.76 bits per heavy atom. The van der Waals surface area contributed by atoms with Gasteiger partial charge in [-0.05, 0) is 53.0 Å². The molecule has 0 spiro atoms. The second-order valence-electron chi connectivity index (χ2n) is 7.99. The first kappa shape index (κ1) is 37.8. The summed E-state index contributed by atoms with van der Waals surface area (Å²) in [5, 5.41) is 14.8. The van der Waals surface area contributed by atoms with E-state index in [0.717, 1.165) is 17.2 Å². The van der Waals surface area contributed by atoms with Crippen LogP contribution >= 0.6 is 27.5 Å². The largest absolute Gasteiger partial charge is 0.870 e. The molecule has 3 aromatic rings. The van der Waals surface area contributed by atoms with Crippen LogP contribution in [0.2, 0.25) is 0 Å². The van der Waals surface area contributed by atoms with Gasteiger partial charge >= 0.3 is 11.7 Å². The van der Waals surface area contributed by atoms with Gasteiger partial charge in [-0.3, -0.25) is 10.1 Å². The van der Waals surface area contributed by atoms with Gasteiger partial charge in [0, 0.05) is 48.9 Å². The smallest absolute Gasteiger partial charge is 0.339 e. The first-order valence-electron chi connectivity index (χ1n) is 11.6. The summed E-state index contributed by atoms with van der Waals surface area (Å²) in [4.78, 5) is 43.6. The molecule has 0 atom stereocenters. The maximum absolute atomic E-state index is 11.7. The molecule has 3 rings (SSSR count). The number of carbonyl (C=O) groups is 1. The van der Waals surface area contributed by atoms with Crippen molar-refractivity contribution in [1.82, 2.24) is 0 Å². The van der Waals surface area contributed by atoms with Gasteiger partial charge in [0.15, 0.2) is 17.2 Å². The molecule has 16 heteroatoms. The Hall–Kier alpha value is -4.18. The average molecular weight is 675 g/mol. The molecule has 228 valence electrons. The van der Waals surface area contributed by atoms with E-state index in [1.165, 1.54) is 13.2 Å². The van der Waals surface area contributed by atoms with Gasteiger partial charge < -0.3 is 29.9 Å². The minimum absolute atomic E-state index is 0. The van der Waals surface area contributed by atoms with Crippen LogP contribution in [0, 0.1) is 33.8 Å². The van der Waals surface area contributed by atoms with Crippen LogP contribution in [0.3, 0.4) is 0 Å². The molecular weight excluding hydrogens is 646 g/mol. The van der Waals surface area contributed by atoms with Crippen LogP contribution in [-0.4, -0.2) is 54.7 Å². The van der Waals surface area contributed by atoms with E-state index in [1.807, 2.05) is 25.1 Å². The Bertz CT molecular complexity index is 1380. The monoisotopic (exact) mass is 673 g/mol. The van der Waals surface area contributed by atoms with Crippen molar-refractivity contribution >= 4 is 50.6 Å². The van der Waals surface area contributed by atoms with Gasteiger partial charge in [0.1, 0.15) is 19.8 Å². The summed E-state index contributed by atoms with van der Waals surface area (Å²) in [7, 11) is 1.18. The second kappa shape index (κ2) is 19.0. The fraction of sp³-hybridized carbons (Fsp3) is 0.269. The Kier molecular flexibility index (Phi) is 17.1. The Morgan fingerprint density at radius 1 is 0.857 bits per heavy atom. The summed E-state index contributed by atoms with van der Waals surface area (Å²) in [6.45, 7) is 4.21. The van der Waals surface area contributed by atoms with Gasteiger partial charge in [-0.25, -0.2) is 4.79 Å². The topological polar surface area (TPSA) is 219 Å². The molecule has 0 saturated carbocycles. The number of halogens is 2. The molecule has 0 heterocycles. The minimum Gasteiger partial charge on any atom is -0.870 e. The molecule has 0 radical (unpaired) electrons.